The summed E-state index contributed by atoms with van der Waals surface area (Å²) < 4.78 is 34.6. The summed E-state index contributed by atoms with van der Waals surface area (Å²) in [7, 11) is -3.79. The van der Waals surface area contributed by atoms with Gasteiger partial charge < -0.3 is 14.5 Å². The average Bonchev–Trinajstić information content (AvgIpc) is 2.94. The summed E-state index contributed by atoms with van der Waals surface area (Å²) in [4.78, 5) is 30.4. The molecule has 3 aliphatic heterocycles. The average molecular weight is 540 g/mol. The predicted molar refractivity (Wildman–Crippen MR) is 144 cm³/mol. The summed E-state index contributed by atoms with van der Waals surface area (Å²) in [5.74, 6) is -0.305. The van der Waals surface area contributed by atoms with Crippen molar-refractivity contribution in [3.8, 4) is 0 Å². The van der Waals surface area contributed by atoms with Crippen LogP contribution < -0.4 is 0 Å². The number of nitrogens with zero attached hydrogens (tertiary/aromatic N) is 3. The smallest absolute Gasteiger partial charge is 0.243 e. The topological polar surface area (TPSA) is 87.2 Å². The minimum atomic E-state index is -3.79. The van der Waals surface area contributed by atoms with E-state index in [0.29, 0.717) is 58.5 Å². The van der Waals surface area contributed by atoms with Crippen molar-refractivity contribution in [2.24, 2.45) is 11.8 Å². The Morgan fingerprint density at radius 3 is 2.03 bits per heavy atom. The summed E-state index contributed by atoms with van der Waals surface area (Å²) in [6.07, 6.45) is 2.64. The Bertz CT molecular complexity index is 1210. The highest BCUT2D eigenvalue weighted by Crippen LogP contribution is 2.38. The van der Waals surface area contributed by atoms with Gasteiger partial charge in [0.1, 0.15) is 0 Å². The van der Waals surface area contributed by atoms with Crippen LogP contribution in [0.2, 0.25) is 0 Å². The molecule has 0 saturated carbocycles. The number of benzene rings is 2. The third-order valence-corrected chi connectivity index (χ3v) is 10.0. The first-order valence-corrected chi connectivity index (χ1v) is 15.1. The van der Waals surface area contributed by atoms with Gasteiger partial charge >= 0.3 is 0 Å². The molecule has 5 rings (SSSR count). The fourth-order valence-electron chi connectivity index (χ4n) is 5.96. The van der Waals surface area contributed by atoms with Crippen LogP contribution in [0.1, 0.15) is 44.2 Å². The molecule has 2 amide bonds. The van der Waals surface area contributed by atoms with Crippen molar-refractivity contribution in [3.63, 3.8) is 0 Å². The lowest BCUT2D eigenvalue weighted by molar-refractivity contribution is -0.152. The van der Waals surface area contributed by atoms with E-state index in [1.807, 2.05) is 47.1 Å². The van der Waals surface area contributed by atoms with Crippen molar-refractivity contribution < 1.29 is 22.7 Å². The normalized spacial score (nSPS) is 23.7. The molecule has 204 valence electrons. The molecular formula is C29H37N3O5S. The number of hydrogen-bond donors (Lipinski definition) is 0. The molecule has 3 saturated heterocycles. The quantitative estimate of drug-likeness (QED) is 0.539. The van der Waals surface area contributed by atoms with Crippen molar-refractivity contribution in [1.29, 1.82) is 0 Å². The molecule has 0 aromatic heterocycles. The Morgan fingerprint density at radius 1 is 0.789 bits per heavy atom. The molecule has 0 bridgehead atoms. The Kier molecular flexibility index (Phi) is 8.16. The Hall–Kier alpha value is -2.75. The van der Waals surface area contributed by atoms with Crippen molar-refractivity contribution in [1.82, 2.24) is 14.1 Å². The van der Waals surface area contributed by atoms with E-state index in [2.05, 4.69) is 0 Å². The highest BCUT2D eigenvalue weighted by molar-refractivity contribution is 7.89. The maximum atomic E-state index is 13.7. The summed E-state index contributed by atoms with van der Waals surface area (Å²) in [5, 5.41) is 0. The molecule has 8 nitrogen and oxygen atoms in total. The molecular weight excluding hydrogens is 502 g/mol. The van der Waals surface area contributed by atoms with Gasteiger partial charge in [-0.1, -0.05) is 48.5 Å². The van der Waals surface area contributed by atoms with Crippen molar-refractivity contribution >= 4 is 21.8 Å². The highest BCUT2D eigenvalue weighted by Gasteiger charge is 2.42. The van der Waals surface area contributed by atoms with E-state index < -0.39 is 15.9 Å². The van der Waals surface area contributed by atoms with Crippen molar-refractivity contribution in [2.75, 3.05) is 39.3 Å². The van der Waals surface area contributed by atoms with E-state index >= 15 is 0 Å². The van der Waals surface area contributed by atoms with Gasteiger partial charge in [-0.3, -0.25) is 9.59 Å². The third-order valence-electron chi connectivity index (χ3n) is 8.14. The fraction of sp³-hybridized carbons (Fsp3) is 0.517. The molecule has 0 aliphatic carbocycles. The van der Waals surface area contributed by atoms with Crippen LogP contribution in [0.15, 0.2) is 65.6 Å². The van der Waals surface area contributed by atoms with Crippen LogP contribution in [0, 0.1) is 11.8 Å². The van der Waals surface area contributed by atoms with Crippen LogP contribution in [0.25, 0.3) is 0 Å². The van der Waals surface area contributed by atoms with Crippen molar-refractivity contribution in [3.05, 3.63) is 66.2 Å². The lowest BCUT2D eigenvalue weighted by Gasteiger charge is -2.43. The lowest BCUT2D eigenvalue weighted by atomic mass is 9.88. The van der Waals surface area contributed by atoms with Gasteiger partial charge in [0.05, 0.1) is 23.0 Å². The number of ether oxygens (including phenoxy) is 1. The van der Waals surface area contributed by atoms with Gasteiger partial charge in [0, 0.05) is 45.2 Å². The maximum absolute atomic E-state index is 13.7. The SMILES string of the molecule is CCOC1CN(C(=O)C2CCN(C(=O)[C@@H]3CC[C@H](c4ccccc4)N(S(=O)(=O)c4ccccc4)C3)CC2)C1. The summed E-state index contributed by atoms with van der Waals surface area (Å²) in [5.41, 5.74) is 0.940. The number of carbonyl (C=O) groups excluding carboxylic acids is 2. The van der Waals surface area contributed by atoms with Crippen LogP contribution in [0.3, 0.4) is 0 Å². The summed E-state index contributed by atoms with van der Waals surface area (Å²) >= 11 is 0. The van der Waals surface area contributed by atoms with E-state index in [9.17, 15) is 18.0 Å². The van der Waals surface area contributed by atoms with Crippen LogP contribution in [0.5, 0.6) is 0 Å². The third kappa shape index (κ3) is 5.51. The molecule has 3 heterocycles. The predicted octanol–water partition coefficient (Wildman–Crippen LogP) is 3.31. The zero-order valence-electron chi connectivity index (χ0n) is 21.9. The number of hydrogen-bond acceptors (Lipinski definition) is 5. The number of sulfonamides is 1. The molecule has 2 aromatic rings. The molecule has 38 heavy (non-hydrogen) atoms. The number of rotatable bonds is 7. The molecule has 2 atom stereocenters. The van der Waals surface area contributed by atoms with E-state index in [-0.39, 0.29) is 41.3 Å². The number of carbonyl (C=O) groups is 2. The van der Waals surface area contributed by atoms with Gasteiger partial charge in [-0.25, -0.2) is 8.42 Å². The van der Waals surface area contributed by atoms with Gasteiger partial charge in [-0.05, 0) is 50.3 Å². The van der Waals surface area contributed by atoms with Crippen LogP contribution >= 0.6 is 0 Å². The van der Waals surface area contributed by atoms with E-state index in [1.54, 1.807) is 30.3 Å². The van der Waals surface area contributed by atoms with E-state index in [1.165, 1.54) is 4.31 Å². The zero-order valence-corrected chi connectivity index (χ0v) is 22.8. The van der Waals surface area contributed by atoms with Crippen LogP contribution in [-0.4, -0.2) is 79.8 Å². The molecule has 2 aromatic carbocycles. The molecule has 0 N–H and O–H groups in total. The number of amides is 2. The van der Waals surface area contributed by atoms with Crippen molar-refractivity contribution in [2.45, 2.75) is 49.6 Å². The molecule has 9 heteroatoms. The highest BCUT2D eigenvalue weighted by atomic mass is 32.2. The molecule has 3 aliphatic rings. The zero-order chi connectivity index (χ0) is 26.7. The number of piperidine rings is 2. The minimum absolute atomic E-state index is 0.00367. The minimum Gasteiger partial charge on any atom is -0.375 e. The second kappa shape index (κ2) is 11.6. The second-order valence-electron chi connectivity index (χ2n) is 10.5. The fourth-order valence-corrected chi connectivity index (χ4v) is 7.67. The van der Waals surface area contributed by atoms with Crippen LogP contribution in [0.4, 0.5) is 0 Å². The molecule has 0 unspecified atom stereocenters. The molecule has 0 radical (unpaired) electrons. The molecule has 0 spiro atoms. The lowest BCUT2D eigenvalue weighted by Crippen LogP contribution is -2.57. The van der Waals surface area contributed by atoms with Gasteiger partial charge in [0.2, 0.25) is 21.8 Å². The summed E-state index contributed by atoms with van der Waals surface area (Å²) in [6.45, 7) is 5.14. The Balaban J connectivity index is 1.25. The Morgan fingerprint density at radius 2 is 1.39 bits per heavy atom. The first-order chi connectivity index (χ1) is 18.4. The molecule has 3 fully saturated rings. The largest absolute Gasteiger partial charge is 0.375 e. The van der Waals surface area contributed by atoms with Gasteiger partial charge in [-0.15, -0.1) is 0 Å². The second-order valence-corrected chi connectivity index (χ2v) is 12.4. The monoisotopic (exact) mass is 539 g/mol. The van der Waals surface area contributed by atoms with E-state index in [0.717, 1.165) is 5.56 Å². The number of likely N-dealkylation sites (tertiary alicyclic amines) is 2. The maximum Gasteiger partial charge on any atom is 0.243 e. The van der Waals surface area contributed by atoms with Crippen LogP contribution in [-0.2, 0) is 24.3 Å². The van der Waals surface area contributed by atoms with E-state index in [4.69, 9.17) is 4.74 Å². The van der Waals surface area contributed by atoms with Gasteiger partial charge in [-0.2, -0.15) is 4.31 Å². The first-order valence-electron chi connectivity index (χ1n) is 13.7. The summed E-state index contributed by atoms with van der Waals surface area (Å²) in [6, 6.07) is 17.8. The first kappa shape index (κ1) is 26.8. The van der Waals surface area contributed by atoms with Gasteiger partial charge in [0.15, 0.2) is 0 Å². The standard InChI is InChI=1S/C29H37N3O5S/c1-2-37-25-20-31(21-25)28(33)23-15-17-30(18-16-23)29(34)24-13-14-27(22-9-5-3-6-10-22)32(19-24)38(35,36)26-11-7-4-8-12-26/h3-12,23-25,27H,2,13-21H2,1H3/t24-,27-/m1/s1. The van der Waals surface area contributed by atoms with Gasteiger partial charge in [0.25, 0.3) is 0 Å². The Labute approximate surface area is 225 Å².